The number of nitrogens with one attached hydrogen (secondary N) is 1. The molecule has 0 amide bonds. The van der Waals surface area contributed by atoms with E-state index in [0.717, 1.165) is 24.7 Å². The largest absolute Gasteiger partial charge is 0.494 e. The maximum Gasteiger partial charge on any atom is 0.326 e. The Morgan fingerprint density at radius 1 is 1.30 bits per heavy atom. The van der Waals surface area contributed by atoms with E-state index in [2.05, 4.69) is 34.7 Å². The highest BCUT2D eigenvalue weighted by Gasteiger charge is 2.12. The minimum absolute atomic E-state index is 0.267. The van der Waals surface area contributed by atoms with E-state index in [-0.39, 0.29) is 6.42 Å². The maximum absolute atomic E-state index is 10.9. The van der Waals surface area contributed by atoms with Crippen molar-refractivity contribution in [3.05, 3.63) is 35.4 Å². The van der Waals surface area contributed by atoms with Crippen molar-refractivity contribution in [3.8, 4) is 5.75 Å². The van der Waals surface area contributed by atoms with Gasteiger partial charge in [-0.1, -0.05) is 50.3 Å². The van der Waals surface area contributed by atoms with Crippen LogP contribution in [0.5, 0.6) is 5.75 Å². The Morgan fingerprint density at radius 2 is 2.11 bits per heavy atom. The molecule has 150 valence electrons. The third-order valence-electron chi connectivity index (χ3n) is 5.14. The summed E-state index contributed by atoms with van der Waals surface area (Å²) in [4.78, 5) is 10.9. The molecule has 0 saturated heterocycles. The van der Waals surface area contributed by atoms with Crippen LogP contribution in [0.25, 0.3) is 6.08 Å². The van der Waals surface area contributed by atoms with Gasteiger partial charge in [0, 0.05) is 13.1 Å². The first-order chi connectivity index (χ1) is 13.2. The number of hydrogen-bond donors (Lipinski definition) is 1. The van der Waals surface area contributed by atoms with Crippen molar-refractivity contribution in [3.63, 3.8) is 0 Å². The van der Waals surface area contributed by atoms with Gasteiger partial charge >= 0.3 is 5.97 Å². The van der Waals surface area contributed by atoms with Gasteiger partial charge in [0.25, 0.3) is 0 Å². The summed E-state index contributed by atoms with van der Waals surface area (Å²) in [6.45, 7) is 4.13. The van der Waals surface area contributed by atoms with Crippen LogP contribution < -0.4 is 10.1 Å². The minimum atomic E-state index is -0.418. The van der Waals surface area contributed by atoms with Gasteiger partial charge in [0.2, 0.25) is 0 Å². The van der Waals surface area contributed by atoms with Crippen LogP contribution in [0, 0.1) is 12.8 Å². The third-order valence-corrected chi connectivity index (χ3v) is 5.32. The van der Waals surface area contributed by atoms with Crippen LogP contribution in [-0.2, 0) is 9.08 Å². The number of aryl methyl sites for hydroxylation is 1. The Labute approximate surface area is 168 Å². The van der Waals surface area contributed by atoms with Crippen LogP contribution in [0.2, 0.25) is 0 Å². The third kappa shape index (κ3) is 8.81. The fourth-order valence-electron chi connectivity index (χ4n) is 3.56. The van der Waals surface area contributed by atoms with E-state index in [4.69, 9.17) is 16.6 Å². The molecule has 0 radical (unpaired) electrons. The Morgan fingerprint density at radius 3 is 2.85 bits per heavy atom. The normalized spacial score (nSPS) is 15.2. The molecular formula is C22H32ClNO3. The Balaban J connectivity index is 1.65. The molecule has 1 fully saturated rings. The van der Waals surface area contributed by atoms with Crippen molar-refractivity contribution in [1.82, 2.24) is 5.32 Å². The summed E-state index contributed by atoms with van der Waals surface area (Å²) in [5.41, 5.74) is 2.37. The first kappa shape index (κ1) is 21.8. The van der Waals surface area contributed by atoms with Crippen molar-refractivity contribution in [2.75, 3.05) is 19.7 Å². The molecule has 0 heterocycles. The van der Waals surface area contributed by atoms with Crippen LogP contribution >= 0.6 is 11.9 Å². The average Bonchev–Trinajstić information content (AvgIpc) is 2.69. The number of ether oxygens (including phenoxy) is 1. The highest BCUT2D eigenvalue weighted by Crippen LogP contribution is 2.27. The molecule has 1 aliphatic rings. The lowest BCUT2D eigenvalue weighted by Gasteiger charge is -2.21. The number of rotatable bonds is 11. The standard InChI is InChI=1S/C22H32ClNO3/c1-18-17-21(26-16-6-9-19-7-3-2-4-8-19)12-11-20(18)10-5-14-24-15-13-22(25)27-23/h5,10-12,17,19,24H,2-4,6-9,13-16H2,1H3/b10-5+. The van der Waals surface area contributed by atoms with Gasteiger partial charge in [-0.3, -0.25) is 4.79 Å². The zero-order valence-electron chi connectivity index (χ0n) is 16.3. The molecule has 0 spiro atoms. The topological polar surface area (TPSA) is 47.6 Å². The lowest BCUT2D eigenvalue weighted by atomic mass is 9.86. The van der Waals surface area contributed by atoms with Gasteiger partial charge in [-0.25, -0.2) is 0 Å². The zero-order valence-corrected chi connectivity index (χ0v) is 17.1. The summed E-state index contributed by atoms with van der Waals surface area (Å²) in [5, 5.41) is 3.14. The molecule has 1 aromatic rings. The Hall–Kier alpha value is -1.52. The second-order valence-electron chi connectivity index (χ2n) is 7.32. The summed E-state index contributed by atoms with van der Waals surface area (Å²) in [6, 6.07) is 6.23. The number of halogens is 1. The smallest absolute Gasteiger partial charge is 0.326 e. The highest BCUT2D eigenvalue weighted by molar-refractivity contribution is 6.13. The second-order valence-corrected chi connectivity index (χ2v) is 7.47. The molecule has 1 saturated carbocycles. The molecule has 0 atom stereocenters. The Bertz CT molecular complexity index is 597. The quantitative estimate of drug-likeness (QED) is 0.509. The van der Waals surface area contributed by atoms with Gasteiger partial charge in [0.05, 0.1) is 13.0 Å². The molecular weight excluding hydrogens is 362 g/mol. The summed E-state index contributed by atoms with van der Waals surface area (Å²) in [6.07, 6.45) is 13.9. The van der Waals surface area contributed by atoms with Crippen LogP contribution in [0.3, 0.4) is 0 Å². The molecule has 27 heavy (non-hydrogen) atoms. The van der Waals surface area contributed by atoms with E-state index in [1.54, 1.807) is 0 Å². The average molecular weight is 394 g/mol. The summed E-state index contributed by atoms with van der Waals surface area (Å²) in [7, 11) is 0. The second kappa shape index (κ2) is 12.8. The SMILES string of the molecule is Cc1cc(OCCCC2CCCCC2)ccc1/C=C/CNCCC(=O)OCl. The first-order valence-corrected chi connectivity index (χ1v) is 10.4. The molecule has 0 bridgehead atoms. The summed E-state index contributed by atoms with van der Waals surface area (Å²) >= 11 is 4.98. The van der Waals surface area contributed by atoms with E-state index < -0.39 is 5.97 Å². The van der Waals surface area contributed by atoms with Gasteiger partial charge in [-0.2, -0.15) is 0 Å². The molecule has 0 unspecified atom stereocenters. The molecule has 1 aliphatic carbocycles. The van der Waals surface area contributed by atoms with Crippen molar-refractivity contribution in [1.29, 1.82) is 0 Å². The summed E-state index contributed by atoms with van der Waals surface area (Å²) < 4.78 is 10.0. The molecule has 0 aliphatic heterocycles. The number of carbonyl (C=O) groups excluding carboxylic acids is 1. The number of benzene rings is 1. The van der Waals surface area contributed by atoms with Gasteiger partial charge in [0.1, 0.15) is 17.6 Å². The van der Waals surface area contributed by atoms with E-state index in [1.165, 1.54) is 49.7 Å². The molecule has 1 N–H and O–H groups in total. The maximum atomic E-state index is 10.9. The summed E-state index contributed by atoms with van der Waals surface area (Å²) in [5.74, 6) is 1.45. The predicted molar refractivity (Wildman–Crippen MR) is 111 cm³/mol. The lowest BCUT2D eigenvalue weighted by Crippen LogP contribution is -2.18. The molecule has 2 rings (SSSR count). The molecule has 0 aromatic heterocycles. The van der Waals surface area contributed by atoms with Gasteiger partial charge < -0.3 is 14.3 Å². The van der Waals surface area contributed by atoms with Crippen molar-refractivity contribution >= 4 is 23.9 Å². The van der Waals surface area contributed by atoms with E-state index in [1.807, 2.05) is 12.1 Å². The van der Waals surface area contributed by atoms with Crippen molar-refractivity contribution in [2.45, 2.75) is 58.3 Å². The Kier molecular flexibility index (Phi) is 10.3. The molecule has 5 heteroatoms. The lowest BCUT2D eigenvalue weighted by molar-refractivity contribution is -0.133. The number of hydrogen-bond acceptors (Lipinski definition) is 4. The first-order valence-electron chi connectivity index (χ1n) is 10.1. The van der Waals surface area contributed by atoms with Crippen molar-refractivity contribution in [2.24, 2.45) is 5.92 Å². The fraction of sp³-hybridized carbons (Fsp3) is 0.591. The van der Waals surface area contributed by atoms with Crippen LogP contribution in [0.4, 0.5) is 0 Å². The van der Waals surface area contributed by atoms with E-state index >= 15 is 0 Å². The highest BCUT2D eigenvalue weighted by atomic mass is 35.5. The van der Waals surface area contributed by atoms with E-state index in [9.17, 15) is 4.79 Å². The molecule has 4 nitrogen and oxygen atoms in total. The zero-order chi connectivity index (χ0) is 19.3. The van der Waals surface area contributed by atoms with Crippen LogP contribution in [0.1, 0.15) is 62.5 Å². The molecule has 1 aromatic carbocycles. The minimum Gasteiger partial charge on any atom is -0.494 e. The predicted octanol–water partition coefficient (Wildman–Crippen LogP) is 5.42. The van der Waals surface area contributed by atoms with Crippen molar-refractivity contribution < 1.29 is 13.8 Å². The van der Waals surface area contributed by atoms with Gasteiger partial charge in [-0.05, 0) is 48.9 Å². The van der Waals surface area contributed by atoms with Gasteiger partial charge in [0.15, 0.2) is 0 Å². The van der Waals surface area contributed by atoms with Crippen LogP contribution in [-0.4, -0.2) is 25.7 Å². The number of carbonyl (C=O) groups is 1. The van der Waals surface area contributed by atoms with E-state index in [0.29, 0.717) is 13.1 Å². The monoisotopic (exact) mass is 393 g/mol. The van der Waals surface area contributed by atoms with Gasteiger partial charge in [-0.15, -0.1) is 0 Å². The van der Waals surface area contributed by atoms with Crippen LogP contribution in [0.15, 0.2) is 24.3 Å². The fourth-order valence-corrected chi connectivity index (χ4v) is 3.64.